The number of halogens is 1. The summed E-state index contributed by atoms with van der Waals surface area (Å²) >= 11 is 3.60. The molecule has 2 unspecified atom stereocenters. The quantitative estimate of drug-likeness (QED) is 0.638. The SMILES string of the molecule is Cc1cc(Br)cc(C(NN)C2CCOC3(CCCC3)C2)c1. The van der Waals surface area contributed by atoms with Crippen LogP contribution in [-0.4, -0.2) is 12.2 Å². The molecule has 3 rings (SSSR count). The number of aryl methyl sites for hydroxylation is 1. The van der Waals surface area contributed by atoms with E-state index in [0.717, 1.165) is 23.9 Å². The van der Waals surface area contributed by atoms with Crippen molar-refractivity contribution >= 4 is 15.9 Å². The Morgan fingerprint density at radius 1 is 1.33 bits per heavy atom. The topological polar surface area (TPSA) is 47.3 Å². The van der Waals surface area contributed by atoms with Crippen LogP contribution in [0, 0.1) is 12.8 Å². The molecule has 1 saturated heterocycles. The molecule has 4 heteroatoms. The fourth-order valence-electron chi connectivity index (χ4n) is 4.17. The Hall–Kier alpha value is -0.420. The maximum atomic E-state index is 6.16. The lowest BCUT2D eigenvalue weighted by Gasteiger charge is -2.41. The molecule has 0 bridgehead atoms. The smallest absolute Gasteiger partial charge is 0.0686 e. The number of rotatable bonds is 3. The van der Waals surface area contributed by atoms with Crippen molar-refractivity contribution in [2.24, 2.45) is 11.8 Å². The van der Waals surface area contributed by atoms with E-state index in [2.05, 4.69) is 46.5 Å². The molecule has 1 saturated carbocycles. The zero-order valence-electron chi connectivity index (χ0n) is 12.7. The van der Waals surface area contributed by atoms with Gasteiger partial charge in [0.15, 0.2) is 0 Å². The molecular formula is C17H25BrN2O. The zero-order valence-corrected chi connectivity index (χ0v) is 14.3. The average molecular weight is 353 g/mol. The van der Waals surface area contributed by atoms with Crippen LogP contribution in [0.15, 0.2) is 22.7 Å². The molecule has 1 aromatic rings. The summed E-state index contributed by atoms with van der Waals surface area (Å²) in [5, 5.41) is 0. The van der Waals surface area contributed by atoms with Crippen LogP contribution in [0.5, 0.6) is 0 Å². The standard InChI is InChI=1S/C17H25BrN2O/c1-12-8-14(10-15(18)9-12)16(20-19)13-4-7-21-17(11-13)5-2-3-6-17/h8-10,13,16,20H,2-7,11,19H2,1H3. The Kier molecular flexibility index (Phi) is 4.69. The van der Waals surface area contributed by atoms with Gasteiger partial charge in [-0.15, -0.1) is 0 Å². The first-order chi connectivity index (χ1) is 10.1. The Morgan fingerprint density at radius 2 is 2.10 bits per heavy atom. The van der Waals surface area contributed by atoms with Crippen LogP contribution in [0.2, 0.25) is 0 Å². The van der Waals surface area contributed by atoms with Crippen LogP contribution < -0.4 is 11.3 Å². The van der Waals surface area contributed by atoms with Gasteiger partial charge in [-0.25, -0.2) is 0 Å². The first kappa shape index (κ1) is 15.5. The summed E-state index contributed by atoms with van der Waals surface area (Å²) < 4.78 is 7.28. The van der Waals surface area contributed by atoms with Crippen LogP contribution in [0.1, 0.15) is 55.7 Å². The first-order valence-electron chi connectivity index (χ1n) is 7.99. The minimum Gasteiger partial charge on any atom is -0.375 e. The molecule has 3 N–H and O–H groups in total. The monoisotopic (exact) mass is 352 g/mol. The Balaban J connectivity index is 1.82. The van der Waals surface area contributed by atoms with Crippen LogP contribution in [0.4, 0.5) is 0 Å². The van der Waals surface area contributed by atoms with E-state index in [0.29, 0.717) is 5.92 Å². The van der Waals surface area contributed by atoms with Gasteiger partial charge < -0.3 is 4.74 Å². The first-order valence-corrected chi connectivity index (χ1v) is 8.78. The van der Waals surface area contributed by atoms with Gasteiger partial charge in [-0.3, -0.25) is 11.3 Å². The highest BCUT2D eigenvalue weighted by Crippen LogP contribution is 2.45. The van der Waals surface area contributed by atoms with Crippen LogP contribution in [0.3, 0.4) is 0 Å². The normalized spacial score (nSPS) is 26.1. The lowest BCUT2D eigenvalue weighted by atomic mass is 9.78. The summed E-state index contributed by atoms with van der Waals surface area (Å²) in [5.74, 6) is 6.47. The van der Waals surface area contributed by atoms with Gasteiger partial charge in [-0.1, -0.05) is 34.8 Å². The Labute approximate surface area is 135 Å². The zero-order chi connectivity index (χ0) is 14.9. The van der Waals surface area contributed by atoms with E-state index in [1.165, 1.54) is 36.8 Å². The van der Waals surface area contributed by atoms with Gasteiger partial charge in [0.25, 0.3) is 0 Å². The number of ether oxygens (including phenoxy) is 1. The van der Waals surface area contributed by atoms with Gasteiger partial charge >= 0.3 is 0 Å². The van der Waals surface area contributed by atoms with Gasteiger partial charge in [0.1, 0.15) is 0 Å². The second-order valence-electron chi connectivity index (χ2n) is 6.70. The third-order valence-corrected chi connectivity index (χ3v) is 5.58. The van der Waals surface area contributed by atoms with Crippen LogP contribution in [0.25, 0.3) is 0 Å². The van der Waals surface area contributed by atoms with E-state index < -0.39 is 0 Å². The highest BCUT2D eigenvalue weighted by atomic mass is 79.9. The molecule has 2 fully saturated rings. The maximum absolute atomic E-state index is 6.16. The van der Waals surface area contributed by atoms with Gasteiger partial charge in [-0.2, -0.15) is 0 Å². The maximum Gasteiger partial charge on any atom is 0.0686 e. The lowest BCUT2D eigenvalue weighted by molar-refractivity contribution is -0.0982. The summed E-state index contributed by atoms with van der Waals surface area (Å²) in [4.78, 5) is 0. The van der Waals surface area contributed by atoms with Crippen molar-refractivity contribution < 1.29 is 4.74 Å². The van der Waals surface area contributed by atoms with Crippen molar-refractivity contribution in [3.63, 3.8) is 0 Å². The molecule has 1 heterocycles. The summed E-state index contributed by atoms with van der Waals surface area (Å²) in [7, 11) is 0. The summed E-state index contributed by atoms with van der Waals surface area (Å²) in [5.41, 5.74) is 5.76. The summed E-state index contributed by atoms with van der Waals surface area (Å²) in [6, 6.07) is 6.78. The van der Waals surface area contributed by atoms with Crippen molar-refractivity contribution in [3.05, 3.63) is 33.8 Å². The van der Waals surface area contributed by atoms with Crippen molar-refractivity contribution in [2.75, 3.05) is 6.61 Å². The number of hydrogen-bond acceptors (Lipinski definition) is 3. The molecule has 2 aliphatic rings. The fraction of sp³-hybridized carbons (Fsp3) is 0.647. The third-order valence-electron chi connectivity index (χ3n) is 5.12. The van der Waals surface area contributed by atoms with Gasteiger partial charge in [0.2, 0.25) is 0 Å². The van der Waals surface area contributed by atoms with E-state index in [-0.39, 0.29) is 11.6 Å². The summed E-state index contributed by atoms with van der Waals surface area (Å²) in [6.07, 6.45) is 7.28. The Morgan fingerprint density at radius 3 is 2.76 bits per heavy atom. The predicted octanol–water partition coefficient (Wildman–Crippen LogP) is 4.00. The molecular weight excluding hydrogens is 328 g/mol. The van der Waals surface area contributed by atoms with Crippen LogP contribution >= 0.6 is 15.9 Å². The molecule has 1 aliphatic heterocycles. The Bertz CT molecular complexity index is 479. The van der Waals surface area contributed by atoms with Gasteiger partial charge in [0.05, 0.1) is 5.60 Å². The summed E-state index contributed by atoms with van der Waals surface area (Å²) in [6.45, 7) is 3.00. The van der Waals surface area contributed by atoms with Crippen LogP contribution in [-0.2, 0) is 4.74 Å². The molecule has 0 aromatic heterocycles. The largest absolute Gasteiger partial charge is 0.375 e. The number of hydrogen-bond donors (Lipinski definition) is 2. The van der Waals surface area contributed by atoms with Crippen molar-refractivity contribution in [3.8, 4) is 0 Å². The number of nitrogens with two attached hydrogens (primary N) is 1. The fourth-order valence-corrected chi connectivity index (χ4v) is 4.79. The number of benzene rings is 1. The van der Waals surface area contributed by atoms with E-state index >= 15 is 0 Å². The van der Waals surface area contributed by atoms with E-state index in [1.54, 1.807) is 0 Å². The van der Waals surface area contributed by atoms with Crippen molar-refractivity contribution in [2.45, 2.75) is 57.1 Å². The highest BCUT2D eigenvalue weighted by molar-refractivity contribution is 9.10. The number of nitrogens with one attached hydrogen (secondary N) is 1. The minimum atomic E-state index is 0.138. The van der Waals surface area contributed by atoms with E-state index in [1.807, 2.05) is 0 Å². The molecule has 21 heavy (non-hydrogen) atoms. The van der Waals surface area contributed by atoms with Gasteiger partial charge in [0, 0.05) is 17.1 Å². The molecule has 1 aromatic carbocycles. The molecule has 0 amide bonds. The molecule has 1 aliphatic carbocycles. The average Bonchev–Trinajstić information content (AvgIpc) is 2.86. The second kappa shape index (κ2) is 6.37. The lowest BCUT2D eigenvalue weighted by Crippen LogP contribution is -2.43. The van der Waals surface area contributed by atoms with E-state index in [4.69, 9.17) is 10.6 Å². The van der Waals surface area contributed by atoms with E-state index in [9.17, 15) is 0 Å². The third kappa shape index (κ3) is 3.34. The van der Waals surface area contributed by atoms with Gasteiger partial charge in [-0.05, 0) is 61.8 Å². The molecule has 116 valence electrons. The predicted molar refractivity (Wildman–Crippen MR) is 88.8 cm³/mol. The highest BCUT2D eigenvalue weighted by Gasteiger charge is 2.42. The minimum absolute atomic E-state index is 0.138. The number of hydrazine groups is 1. The molecule has 3 nitrogen and oxygen atoms in total. The second-order valence-corrected chi connectivity index (χ2v) is 7.61. The van der Waals surface area contributed by atoms with Crippen molar-refractivity contribution in [1.29, 1.82) is 0 Å². The molecule has 0 radical (unpaired) electrons. The molecule has 2 atom stereocenters. The molecule has 1 spiro atoms. The van der Waals surface area contributed by atoms with Crippen molar-refractivity contribution in [1.82, 2.24) is 5.43 Å².